The van der Waals surface area contributed by atoms with Gasteiger partial charge in [0.05, 0.1) is 29.5 Å². The van der Waals surface area contributed by atoms with Crippen molar-refractivity contribution in [2.75, 3.05) is 31.8 Å². The Bertz CT molecular complexity index is 887. The van der Waals surface area contributed by atoms with Crippen LogP contribution in [0, 0.1) is 0 Å². The molecule has 1 fully saturated rings. The Kier molecular flexibility index (Phi) is 8.60. The Balaban J connectivity index is 1.50. The van der Waals surface area contributed by atoms with Gasteiger partial charge in [0.2, 0.25) is 0 Å². The van der Waals surface area contributed by atoms with Crippen molar-refractivity contribution in [3.63, 3.8) is 0 Å². The fourth-order valence-electron chi connectivity index (χ4n) is 2.70. The van der Waals surface area contributed by atoms with Gasteiger partial charge in [0.25, 0.3) is 5.91 Å². The summed E-state index contributed by atoms with van der Waals surface area (Å²) in [6.07, 6.45) is 1.45. The number of hydrogen-bond donors (Lipinski definition) is 1. The molecule has 2 aromatic rings. The second-order valence-electron chi connectivity index (χ2n) is 6.18. The van der Waals surface area contributed by atoms with E-state index in [1.165, 1.54) is 23.3 Å². The molecule has 1 aliphatic heterocycles. The zero-order valence-corrected chi connectivity index (χ0v) is 19.1. The van der Waals surface area contributed by atoms with Gasteiger partial charge in [-0.15, -0.1) is 23.5 Å². The summed E-state index contributed by atoms with van der Waals surface area (Å²) >= 11 is 10.1. The molecular formula is C21H23ClN2O4S2. The van der Waals surface area contributed by atoms with Gasteiger partial charge >= 0.3 is 0 Å². The SMILES string of the molecule is CCOc1cc(/C=N\NC(=O)COc2ccc(C3SCCS3)cc2)c(Cl)cc1OC. The summed E-state index contributed by atoms with van der Waals surface area (Å²) < 4.78 is 16.8. The zero-order chi connectivity index (χ0) is 21.3. The molecule has 6 nitrogen and oxygen atoms in total. The molecule has 1 amide bonds. The fraction of sp³-hybridized carbons (Fsp3) is 0.333. The Morgan fingerprint density at radius 3 is 2.60 bits per heavy atom. The molecule has 9 heteroatoms. The van der Waals surface area contributed by atoms with Crippen molar-refractivity contribution in [1.29, 1.82) is 0 Å². The van der Waals surface area contributed by atoms with Crippen LogP contribution in [-0.2, 0) is 4.79 Å². The van der Waals surface area contributed by atoms with Crippen LogP contribution in [0.25, 0.3) is 0 Å². The average Bonchev–Trinajstić information content (AvgIpc) is 3.29. The van der Waals surface area contributed by atoms with E-state index in [-0.39, 0.29) is 12.5 Å². The molecule has 0 bridgehead atoms. The van der Waals surface area contributed by atoms with E-state index >= 15 is 0 Å². The molecule has 160 valence electrons. The van der Waals surface area contributed by atoms with Gasteiger partial charge in [-0.1, -0.05) is 23.7 Å². The van der Waals surface area contributed by atoms with Crippen LogP contribution < -0.4 is 19.6 Å². The standard InChI is InChI=1S/C21H23ClN2O4S2/c1-3-27-19-10-15(17(22)11-18(19)26-2)12-23-24-20(25)13-28-16-6-4-14(5-7-16)21-29-8-9-30-21/h4-7,10-12,21H,3,8-9,13H2,1-2H3,(H,24,25)/b23-12-. The summed E-state index contributed by atoms with van der Waals surface area (Å²) in [5.74, 6) is 3.73. The first kappa shape index (κ1) is 22.7. The van der Waals surface area contributed by atoms with Crippen molar-refractivity contribution in [3.8, 4) is 17.2 Å². The summed E-state index contributed by atoms with van der Waals surface area (Å²) in [5, 5.41) is 4.38. The lowest BCUT2D eigenvalue weighted by atomic mass is 10.2. The smallest absolute Gasteiger partial charge is 0.277 e. The number of benzene rings is 2. The largest absolute Gasteiger partial charge is 0.493 e. The summed E-state index contributed by atoms with van der Waals surface area (Å²) in [4.78, 5) is 12.0. The van der Waals surface area contributed by atoms with E-state index in [4.69, 9.17) is 25.8 Å². The van der Waals surface area contributed by atoms with E-state index in [0.29, 0.717) is 39.0 Å². The summed E-state index contributed by atoms with van der Waals surface area (Å²) in [7, 11) is 1.54. The Hall–Kier alpha value is -2.03. The van der Waals surface area contributed by atoms with E-state index in [2.05, 4.69) is 10.5 Å². The van der Waals surface area contributed by atoms with Gasteiger partial charge < -0.3 is 14.2 Å². The normalized spacial score (nSPS) is 14.1. The van der Waals surface area contributed by atoms with Crippen LogP contribution >= 0.6 is 35.1 Å². The zero-order valence-electron chi connectivity index (χ0n) is 16.7. The average molecular weight is 467 g/mol. The van der Waals surface area contributed by atoms with Crippen molar-refractivity contribution in [3.05, 3.63) is 52.5 Å². The molecule has 30 heavy (non-hydrogen) atoms. The van der Waals surface area contributed by atoms with E-state index in [9.17, 15) is 4.79 Å². The highest BCUT2D eigenvalue weighted by Crippen LogP contribution is 2.45. The Labute approximate surface area is 189 Å². The number of nitrogens with zero attached hydrogens (tertiary/aromatic N) is 1. The predicted molar refractivity (Wildman–Crippen MR) is 125 cm³/mol. The van der Waals surface area contributed by atoms with Crippen molar-refractivity contribution in [1.82, 2.24) is 5.43 Å². The Morgan fingerprint density at radius 1 is 1.20 bits per heavy atom. The molecular weight excluding hydrogens is 444 g/mol. The molecule has 1 saturated heterocycles. The van der Waals surface area contributed by atoms with Crippen molar-refractivity contribution in [2.45, 2.75) is 11.5 Å². The number of amides is 1. The van der Waals surface area contributed by atoms with E-state index in [1.807, 2.05) is 54.7 Å². The van der Waals surface area contributed by atoms with Gasteiger partial charge in [-0.25, -0.2) is 5.43 Å². The van der Waals surface area contributed by atoms with E-state index < -0.39 is 0 Å². The monoisotopic (exact) mass is 466 g/mol. The molecule has 2 aromatic carbocycles. The van der Waals surface area contributed by atoms with Gasteiger partial charge in [0.1, 0.15) is 5.75 Å². The van der Waals surface area contributed by atoms with Gasteiger partial charge in [0, 0.05) is 23.1 Å². The summed E-state index contributed by atoms with van der Waals surface area (Å²) in [6, 6.07) is 11.2. The highest BCUT2D eigenvalue weighted by Gasteiger charge is 2.18. The number of thioether (sulfide) groups is 2. The molecule has 0 saturated carbocycles. The maximum atomic E-state index is 12.0. The maximum absolute atomic E-state index is 12.0. The minimum Gasteiger partial charge on any atom is -0.493 e. The van der Waals surface area contributed by atoms with Crippen LogP contribution in [0.2, 0.25) is 5.02 Å². The number of ether oxygens (including phenoxy) is 3. The number of carbonyl (C=O) groups is 1. The quantitative estimate of drug-likeness (QED) is 0.424. The molecule has 0 unspecified atom stereocenters. The lowest BCUT2D eigenvalue weighted by Gasteiger charge is -2.11. The number of hydrogen-bond acceptors (Lipinski definition) is 7. The molecule has 1 N–H and O–H groups in total. The number of carbonyl (C=O) groups excluding carboxylic acids is 1. The van der Waals surface area contributed by atoms with Crippen LogP contribution in [0.15, 0.2) is 41.5 Å². The third-order valence-electron chi connectivity index (χ3n) is 4.12. The van der Waals surface area contributed by atoms with Crippen LogP contribution in [0.1, 0.15) is 22.6 Å². The van der Waals surface area contributed by atoms with Gasteiger partial charge in [-0.3, -0.25) is 4.79 Å². The third-order valence-corrected chi connectivity index (χ3v) is 7.55. The van der Waals surface area contributed by atoms with Crippen molar-refractivity contribution < 1.29 is 19.0 Å². The molecule has 0 atom stereocenters. The van der Waals surface area contributed by atoms with Crippen LogP contribution in [-0.4, -0.2) is 44.0 Å². The van der Waals surface area contributed by atoms with Crippen molar-refractivity contribution >= 4 is 47.2 Å². The predicted octanol–water partition coefficient (Wildman–Crippen LogP) is 4.76. The first-order chi connectivity index (χ1) is 14.6. The highest BCUT2D eigenvalue weighted by molar-refractivity contribution is 8.19. The topological polar surface area (TPSA) is 69.2 Å². The summed E-state index contributed by atoms with van der Waals surface area (Å²) in [6.45, 7) is 2.23. The second kappa shape index (κ2) is 11.4. The fourth-order valence-corrected chi connectivity index (χ4v) is 5.77. The molecule has 0 spiro atoms. The van der Waals surface area contributed by atoms with Gasteiger partial charge in [-0.05, 0) is 30.7 Å². The number of halogens is 1. The third kappa shape index (κ3) is 6.23. The lowest BCUT2D eigenvalue weighted by molar-refractivity contribution is -0.123. The number of nitrogens with one attached hydrogen (secondary N) is 1. The number of rotatable bonds is 9. The second-order valence-corrected chi connectivity index (χ2v) is 9.31. The summed E-state index contributed by atoms with van der Waals surface area (Å²) in [5.41, 5.74) is 4.30. The number of hydrazone groups is 1. The molecule has 0 aliphatic carbocycles. The minimum atomic E-state index is -0.369. The molecule has 0 aromatic heterocycles. The van der Waals surface area contributed by atoms with E-state index in [1.54, 1.807) is 19.2 Å². The van der Waals surface area contributed by atoms with Crippen LogP contribution in [0.4, 0.5) is 0 Å². The first-order valence-electron chi connectivity index (χ1n) is 9.39. The van der Waals surface area contributed by atoms with Gasteiger partial charge in [-0.2, -0.15) is 5.10 Å². The highest BCUT2D eigenvalue weighted by atomic mass is 35.5. The van der Waals surface area contributed by atoms with Crippen LogP contribution in [0.5, 0.6) is 17.2 Å². The molecule has 1 heterocycles. The van der Waals surface area contributed by atoms with E-state index in [0.717, 1.165) is 0 Å². The molecule has 0 radical (unpaired) electrons. The first-order valence-corrected chi connectivity index (χ1v) is 11.9. The molecule has 3 rings (SSSR count). The van der Waals surface area contributed by atoms with Crippen molar-refractivity contribution in [2.24, 2.45) is 5.10 Å². The Morgan fingerprint density at radius 2 is 1.93 bits per heavy atom. The molecule has 1 aliphatic rings. The maximum Gasteiger partial charge on any atom is 0.277 e. The van der Waals surface area contributed by atoms with Crippen LogP contribution in [0.3, 0.4) is 0 Å². The number of methoxy groups -OCH3 is 1. The van der Waals surface area contributed by atoms with Gasteiger partial charge in [0.15, 0.2) is 18.1 Å². The lowest BCUT2D eigenvalue weighted by Crippen LogP contribution is -2.24. The minimum absolute atomic E-state index is 0.135.